The van der Waals surface area contributed by atoms with Crippen LogP contribution in [0.25, 0.3) is 0 Å². The predicted octanol–water partition coefficient (Wildman–Crippen LogP) is 1.35. The summed E-state index contributed by atoms with van der Waals surface area (Å²) >= 11 is 0. The Balaban J connectivity index is 2.25. The maximum Gasteiger partial charge on any atom is 0.341 e. The minimum atomic E-state index is -0.453. The zero-order valence-electron chi connectivity index (χ0n) is 10.6. The molecule has 5 heteroatoms. The molecular formula is C13H17NO4. The number of nitrogens with two attached hydrogens (primary N) is 1. The first-order valence-corrected chi connectivity index (χ1v) is 5.77. The number of carbonyl (C=O) groups is 1. The maximum atomic E-state index is 11.7. The Morgan fingerprint density at radius 3 is 2.67 bits per heavy atom. The molecule has 0 amide bonds. The van der Waals surface area contributed by atoms with Crippen LogP contribution in [0.5, 0.6) is 11.5 Å². The smallest absolute Gasteiger partial charge is 0.341 e. The Hall–Kier alpha value is -1.75. The fourth-order valence-corrected chi connectivity index (χ4v) is 1.62. The summed E-state index contributed by atoms with van der Waals surface area (Å²) in [5.41, 5.74) is 6.06. The minimum Gasteiger partial charge on any atom is -0.493 e. The van der Waals surface area contributed by atoms with E-state index in [2.05, 4.69) is 0 Å². The zero-order chi connectivity index (χ0) is 13.2. The molecule has 0 spiro atoms. The lowest BCUT2D eigenvalue weighted by molar-refractivity contribution is 0.0594. The van der Waals surface area contributed by atoms with E-state index >= 15 is 0 Å². The van der Waals surface area contributed by atoms with Gasteiger partial charge in [0, 0.05) is 0 Å². The number of esters is 1. The number of benzene rings is 1. The molecule has 5 nitrogen and oxygen atoms in total. The van der Waals surface area contributed by atoms with Gasteiger partial charge in [0.25, 0.3) is 0 Å². The third-order valence-corrected chi connectivity index (χ3v) is 3.00. The Morgan fingerprint density at radius 2 is 2.11 bits per heavy atom. The third kappa shape index (κ3) is 2.56. The minimum absolute atomic E-state index is 0.256. The number of ether oxygens (including phenoxy) is 3. The van der Waals surface area contributed by atoms with E-state index in [1.807, 2.05) is 0 Å². The van der Waals surface area contributed by atoms with Gasteiger partial charge in [0.15, 0.2) is 11.5 Å². The molecular weight excluding hydrogens is 234 g/mol. The summed E-state index contributed by atoms with van der Waals surface area (Å²) in [6.07, 6.45) is 1.88. The molecule has 2 N–H and O–H groups in total. The number of rotatable bonds is 5. The SMILES string of the molecule is COC(=O)c1cccc(OC)c1OCC1(N)CC1. The van der Waals surface area contributed by atoms with Crippen LogP contribution in [0.15, 0.2) is 18.2 Å². The van der Waals surface area contributed by atoms with Crippen LogP contribution in [-0.4, -0.2) is 32.3 Å². The van der Waals surface area contributed by atoms with Gasteiger partial charge in [-0.2, -0.15) is 0 Å². The number of hydrogen-bond donors (Lipinski definition) is 1. The Bertz CT molecular complexity index is 454. The lowest BCUT2D eigenvalue weighted by Gasteiger charge is -2.16. The highest BCUT2D eigenvalue weighted by atomic mass is 16.5. The summed E-state index contributed by atoms with van der Waals surface area (Å²) < 4.78 is 15.6. The van der Waals surface area contributed by atoms with Gasteiger partial charge in [0.05, 0.1) is 19.8 Å². The summed E-state index contributed by atoms with van der Waals surface area (Å²) in [6.45, 7) is 0.372. The van der Waals surface area contributed by atoms with Crippen LogP contribution in [0, 0.1) is 0 Å². The molecule has 0 atom stereocenters. The van der Waals surface area contributed by atoms with Gasteiger partial charge in [-0.3, -0.25) is 0 Å². The van der Waals surface area contributed by atoms with E-state index in [-0.39, 0.29) is 5.54 Å². The van der Waals surface area contributed by atoms with Gasteiger partial charge < -0.3 is 19.9 Å². The highest BCUT2D eigenvalue weighted by Crippen LogP contribution is 2.36. The van der Waals surface area contributed by atoms with Crippen LogP contribution < -0.4 is 15.2 Å². The molecule has 0 radical (unpaired) electrons. The van der Waals surface area contributed by atoms with Gasteiger partial charge in [-0.05, 0) is 25.0 Å². The molecule has 2 rings (SSSR count). The maximum absolute atomic E-state index is 11.7. The van der Waals surface area contributed by atoms with Crippen LogP contribution in [0.1, 0.15) is 23.2 Å². The summed E-state index contributed by atoms with van der Waals surface area (Å²) in [5.74, 6) is 0.441. The molecule has 1 saturated carbocycles. The molecule has 0 bridgehead atoms. The monoisotopic (exact) mass is 251 g/mol. The molecule has 0 saturated heterocycles. The van der Waals surface area contributed by atoms with Gasteiger partial charge in [-0.15, -0.1) is 0 Å². The standard InChI is InChI=1S/C13H17NO4/c1-16-10-5-3-4-9(12(15)17-2)11(10)18-8-13(14)6-7-13/h3-5H,6-8,14H2,1-2H3. The fourth-order valence-electron chi connectivity index (χ4n) is 1.62. The second-order valence-corrected chi connectivity index (χ2v) is 4.48. The normalized spacial score (nSPS) is 15.9. The van der Waals surface area contributed by atoms with Crippen molar-refractivity contribution in [2.75, 3.05) is 20.8 Å². The van der Waals surface area contributed by atoms with E-state index in [1.165, 1.54) is 14.2 Å². The van der Waals surface area contributed by atoms with Crippen molar-refractivity contribution in [3.63, 3.8) is 0 Å². The van der Waals surface area contributed by atoms with Gasteiger partial charge in [-0.25, -0.2) is 4.79 Å². The zero-order valence-corrected chi connectivity index (χ0v) is 10.6. The molecule has 0 unspecified atom stereocenters. The lowest BCUT2D eigenvalue weighted by Crippen LogP contribution is -2.30. The van der Waals surface area contributed by atoms with Crippen LogP contribution in [-0.2, 0) is 4.74 Å². The number of para-hydroxylation sites is 1. The average Bonchev–Trinajstić information content (AvgIpc) is 3.13. The summed E-state index contributed by atoms with van der Waals surface area (Å²) in [7, 11) is 2.86. The van der Waals surface area contributed by atoms with E-state index in [4.69, 9.17) is 19.9 Å². The van der Waals surface area contributed by atoms with Crippen molar-refractivity contribution in [2.24, 2.45) is 5.73 Å². The Labute approximate surface area is 106 Å². The van der Waals surface area contributed by atoms with E-state index in [0.29, 0.717) is 23.7 Å². The number of hydrogen-bond acceptors (Lipinski definition) is 5. The van der Waals surface area contributed by atoms with Crippen LogP contribution >= 0.6 is 0 Å². The second-order valence-electron chi connectivity index (χ2n) is 4.48. The highest BCUT2D eigenvalue weighted by Gasteiger charge is 2.39. The van der Waals surface area contributed by atoms with Crippen molar-refractivity contribution >= 4 is 5.97 Å². The van der Waals surface area contributed by atoms with Gasteiger partial charge >= 0.3 is 5.97 Å². The molecule has 1 aliphatic rings. The molecule has 98 valence electrons. The first-order chi connectivity index (χ1) is 8.59. The van der Waals surface area contributed by atoms with Crippen molar-refractivity contribution < 1.29 is 19.0 Å². The fraction of sp³-hybridized carbons (Fsp3) is 0.462. The molecule has 0 heterocycles. The highest BCUT2D eigenvalue weighted by molar-refractivity contribution is 5.93. The largest absolute Gasteiger partial charge is 0.493 e. The van der Waals surface area contributed by atoms with Gasteiger partial charge in [0.2, 0.25) is 0 Å². The van der Waals surface area contributed by atoms with Crippen LogP contribution in [0.4, 0.5) is 0 Å². The van der Waals surface area contributed by atoms with Crippen LogP contribution in [0.2, 0.25) is 0 Å². The van der Waals surface area contributed by atoms with E-state index in [9.17, 15) is 4.79 Å². The van der Waals surface area contributed by atoms with Crippen molar-refractivity contribution in [3.8, 4) is 11.5 Å². The van der Waals surface area contributed by atoms with Crippen LogP contribution in [0.3, 0.4) is 0 Å². The van der Waals surface area contributed by atoms with E-state index < -0.39 is 5.97 Å². The van der Waals surface area contributed by atoms with Crippen molar-refractivity contribution in [1.82, 2.24) is 0 Å². The summed E-state index contributed by atoms with van der Waals surface area (Å²) in [5, 5.41) is 0. The third-order valence-electron chi connectivity index (χ3n) is 3.00. The number of methoxy groups -OCH3 is 2. The van der Waals surface area contributed by atoms with Gasteiger partial charge in [0.1, 0.15) is 12.2 Å². The Kier molecular flexibility index (Phi) is 3.43. The summed E-state index contributed by atoms with van der Waals surface area (Å²) in [4.78, 5) is 11.7. The molecule has 18 heavy (non-hydrogen) atoms. The summed E-state index contributed by atoms with van der Waals surface area (Å²) in [6, 6.07) is 5.09. The molecule has 0 aliphatic heterocycles. The van der Waals surface area contributed by atoms with Crippen molar-refractivity contribution in [3.05, 3.63) is 23.8 Å². The van der Waals surface area contributed by atoms with Crippen molar-refractivity contribution in [2.45, 2.75) is 18.4 Å². The molecule has 1 aliphatic carbocycles. The number of carbonyl (C=O) groups excluding carboxylic acids is 1. The predicted molar refractivity (Wildman–Crippen MR) is 66.0 cm³/mol. The van der Waals surface area contributed by atoms with Crippen molar-refractivity contribution in [1.29, 1.82) is 0 Å². The molecule has 1 aromatic carbocycles. The Morgan fingerprint density at radius 1 is 1.39 bits per heavy atom. The van der Waals surface area contributed by atoms with E-state index in [0.717, 1.165) is 12.8 Å². The quantitative estimate of drug-likeness (QED) is 0.800. The average molecular weight is 251 g/mol. The molecule has 1 fully saturated rings. The first-order valence-electron chi connectivity index (χ1n) is 5.77. The lowest BCUT2D eigenvalue weighted by atomic mass is 10.2. The topological polar surface area (TPSA) is 70.8 Å². The van der Waals surface area contributed by atoms with Gasteiger partial charge in [-0.1, -0.05) is 6.07 Å². The second kappa shape index (κ2) is 4.86. The molecule has 0 aromatic heterocycles. The van der Waals surface area contributed by atoms with E-state index in [1.54, 1.807) is 18.2 Å². The molecule has 1 aromatic rings. The first kappa shape index (κ1) is 12.7.